The number of nitrogens with one attached hydrogen (secondary N) is 1. The van der Waals surface area contributed by atoms with E-state index in [1.54, 1.807) is 6.07 Å². The molecule has 1 fully saturated rings. The van der Waals surface area contributed by atoms with Crippen molar-refractivity contribution in [2.45, 2.75) is 24.5 Å². The summed E-state index contributed by atoms with van der Waals surface area (Å²) < 4.78 is 0. The second-order valence-corrected chi connectivity index (χ2v) is 6.24. The number of aliphatic carboxylic acids is 1. The molecule has 1 amide bonds. The van der Waals surface area contributed by atoms with Crippen LogP contribution in [0, 0.1) is 0 Å². The number of carbonyl (C=O) groups is 2. The molecule has 5 nitrogen and oxygen atoms in total. The van der Waals surface area contributed by atoms with Gasteiger partial charge in [-0.15, -0.1) is 0 Å². The van der Waals surface area contributed by atoms with E-state index in [-0.39, 0.29) is 5.91 Å². The van der Waals surface area contributed by atoms with Crippen molar-refractivity contribution in [2.75, 3.05) is 12.3 Å². The molecule has 0 aliphatic carbocycles. The summed E-state index contributed by atoms with van der Waals surface area (Å²) in [7, 11) is 0. The zero-order chi connectivity index (χ0) is 15.1. The van der Waals surface area contributed by atoms with Gasteiger partial charge < -0.3 is 10.4 Å². The maximum atomic E-state index is 12.2. The van der Waals surface area contributed by atoms with E-state index in [2.05, 4.69) is 10.3 Å². The normalized spacial score (nSPS) is 18.6. The SMILES string of the molecule is O=C(O)/C=C/c1cnccc1C(=O)NCC1CCCCS1. The Balaban J connectivity index is 1.99. The number of aromatic nitrogens is 1. The molecule has 2 heterocycles. The fraction of sp³-hybridized carbons (Fsp3) is 0.400. The molecular weight excluding hydrogens is 288 g/mol. The Morgan fingerprint density at radius 2 is 2.33 bits per heavy atom. The number of pyridine rings is 1. The topological polar surface area (TPSA) is 79.3 Å². The van der Waals surface area contributed by atoms with Crippen molar-refractivity contribution in [3.8, 4) is 0 Å². The molecule has 1 aliphatic rings. The van der Waals surface area contributed by atoms with Crippen LogP contribution in [0.5, 0.6) is 0 Å². The highest BCUT2D eigenvalue weighted by molar-refractivity contribution is 7.99. The zero-order valence-corrected chi connectivity index (χ0v) is 12.4. The van der Waals surface area contributed by atoms with Crippen molar-refractivity contribution in [3.05, 3.63) is 35.7 Å². The van der Waals surface area contributed by atoms with Gasteiger partial charge in [0.2, 0.25) is 0 Å². The second-order valence-electron chi connectivity index (χ2n) is 4.83. The maximum absolute atomic E-state index is 12.2. The lowest BCUT2D eigenvalue weighted by Gasteiger charge is -2.21. The summed E-state index contributed by atoms with van der Waals surface area (Å²) in [6, 6.07) is 1.60. The van der Waals surface area contributed by atoms with E-state index >= 15 is 0 Å². The summed E-state index contributed by atoms with van der Waals surface area (Å²) in [6.07, 6.45) is 9.02. The molecule has 1 aliphatic heterocycles. The molecule has 0 spiro atoms. The molecule has 112 valence electrons. The van der Waals surface area contributed by atoms with Crippen LogP contribution in [-0.4, -0.2) is 39.5 Å². The lowest BCUT2D eigenvalue weighted by molar-refractivity contribution is -0.131. The van der Waals surface area contributed by atoms with Gasteiger partial charge in [-0.05, 0) is 30.7 Å². The summed E-state index contributed by atoms with van der Waals surface area (Å²) in [5, 5.41) is 12.1. The molecule has 0 saturated carbocycles. The Morgan fingerprint density at radius 1 is 1.48 bits per heavy atom. The van der Waals surface area contributed by atoms with E-state index in [4.69, 9.17) is 5.11 Å². The Morgan fingerprint density at radius 3 is 3.05 bits per heavy atom. The molecule has 1 aromatic heterocycles. The third kappa shape index (κ3) is 4.90. The highest BCUT2D eigenvalue weighted by Gasteiger charge is 2.16. The second kappa shape index (κ2) is 7.83. The number of nitrogens with zero attached hydrogens (tertiary/aromatic N) is 1. The fourth-order valence-corrected chi connectivity index (χ4v) is 3.42. The molecule has 2 N–H and O–H groups in total. The highest BCUT2D eigenvalue weighted by Crippen LogP contribution is 2.24. The van der Waals surface area contributed by atoms with Crippen LogP contribution in [0.1, 0.15) is 35.2 Å². The monoisotopic (exact) mass is 306 g/mol. The van der Waals surface area contributed by atoms with E-state index < -0.39 is 5.97 Å². The van der Waals surface area contributed by atoms with Crippen LogP contribution in [0.3, 0.4) is 0 Å². The predicted octanol–water partition coefficient (Wildman–Crippen LogP) is 2.19. The van der Waals surface area contributed by atoms with E-state index in [1.807, 2.05) is 11.8 Å². The van der Waals surface area contributed by atoms with Crippen LogP contribution in [0.15, 0.2) is 24.5 Å². The van der Waals surface area contributed by atoms with Gasteiger partial charge >= 0.3 is 5.97 Å². The van der Waals surface area contributed by atoms with Crippen molar-refractivity contribution in [3.63, 3.8) is 0 Å². The fourth-order valence-electron chi connectivity index (χ4n) is 2.18. The minimum Gasteiger partial charge on any atom is -0.478 e. The largest absolute Gasteiger partial charge is 0.478 e. The van der Waals surface area contributed by atoms with E-state index in [1.165, 1.54) is 31.3 Å². The van der Waals surface area contributed by atoms with Gasteiger partial charge in [-0.3, -0.25) is 9.78 Å². The quantitative estimate of drug-likeness (QED) is 0.815. The Labute approximate surface area is 127 Å². The number of rotatable bonds is 5. The first-order valence-electron chi connectivity index (χ1n) is 6.91. The number of amides is 1. The van der Waals surface area contributed by atoms with Gasteiger partial charge in [-0.1, -0.05) is 6.42 Å². The number of carbonyl (C=O) groups excluding carboxylic acids is 1. The molecule has 0 bridgehead atoms. The van der Waals surface area contributed by atoms with Crippen molar-refractivity contribution >= 4 is 29.7 Å². The summed E-state index contributed by atoms with van der Waals surface area (Å²) >= 11 is 1.90. The Bertz CT molecular complexity index is 539. The molecule has 1 aromatic rings. The summed E-state index contributed by atoms with van der Waals surface area (Å²) in [6.45, 7) is 0.647. The lowest BCUT2D eigenvalue weighted by Crippen LogP contribution is -2.32. The van der Waals surface area contributed by atoms with Crippen LogP contribution in [0.25, 0.3) is 6.08 Å². The number of carboxylic acid groups (broad SMARTS) is 1. The van der Waals surface area contributed by atoms with Gasteiger partial charge in [0.05, 0.1) is 0 Å². The highest BCUT2D eigenvalue weighted by atomic mass is 32.2. The maximum Gasteiger partial charge on any atom is 0.328 e. The van der Waals surface area contributed by atoms with Gasteiger partial charge in [-0.2, -0.15) is 11.8 Å². The first kappa shape index (κ1) is 15.6. The average Bonchev–Trinajstić information content (AvgIpc) is 2.52. The smallest absolute Gasteiger partial charge is 0.328 e. The number of thioether (sulfide) groups is 1. The van der Waals surface area contributed by atoms with Crippen LogP contribution in [0.2, 0.25) is 0 Å². The molecule has 1 saturated heterocycles. The standard InChI is InChI=1S/C15H18N2O3S/c18-14(19)5-4-11-9-16-7-6-13(11)15(20)17-10-12-3-1-2-8-21-12/h4-7,9,12H,1-3,8,10H2,(H,17,20)(H,18,19)/b5-4+. The first-order valence-corrected chi connectivity index (χ1v) is 7.96. The molecular formula is C15H18N2O3S. The van der Waals surface area contributed by atoms with Crippen LogP contribution < -0.4 is 5.32 Å². The third-order valence-electron chi connectivity index (χ3n) is 3.27. The molecule has 21 heavy (non-hydrogen) atoms. The minimum atomic E-state index is -1.05. The molecule has 0 aromatic carbocycles. The minimum absolute atomic E-state index is 0.186. The van der Waals surface area contributed by atoms with Crippen LogP contribution >= 0.6 is 11.8 Å². The molecule has 1 unspecified atom stereocenters. The molecule has 1 atom stereocenters. The Hall–Kier alpha value is -1.82. The van der Waals surface area contributed by atoms with E-state index in [0.717, 1.165) is 18.2 Å². The van der Waals surface area contributed by atoms with Crippen molar-refractivity contribution < 1.29 is 14.7 Å². The first-order chi connectivity index (χ1) is 10.2. The van der Waals surface area contributed by atoms with Gasteiger partial charge in [0.15, 0.2) is 0 Å². The van der Waals surface area contributed by atoms with Crippen molar-refractivity contribution in [1.29, 1.82) is 0 Å². The number of hydrogen-bond acceptors (Lipinski definition) is 4. The third-order valence-corrected chi connectivity index (χ3v) is 4.66. The van der Waals surface area contributed by atoms with Gasteiger partial charge in [0.1, 0.15) is 0 Å². The van der Waals surface area contributed by atoms with Gasteiger partial charge in [-0.25, -0.2) is 4.79 Å². The summed E-state index contributed by atoms with van der Waals surface area (Å²) in [5.41, 5.74) is 0.956. The van der Waals surface area contributed by atoms with Gasteiger partial charge in [0.25, 0.3) is 5.91 Å². The number of carboxylic acids is 1. The summed E-state index contributed by atoms with van der Waals surface area (Å²) in [4.78, 5) is 26.7. The lowest BCUT2D eigenvalue weighted by atomic mass is 10.1. The zero-order valence-electron chi connectivity index (χ0n) is 11.6. The molecule has 6 heteroatoms. The average molecular weight is 306 g/mol. The molecule has 2 rings (SSSR count). The van der Waals surface area contributed by atoms with Crippen molar-refractivity contribution in [2.24, 2.45) is 0 Å². The van der Waals surface area contributed by atoms with E-state index in [9.17, 15) is 9.59 Å². The number of hydrogen-bond donors (Lipinski definition) is 2. The van der Waals surface area contributed by atoms with Crippen LogP contribution in [0.4, 0.5) is 0 Å². The van der Waals surface area contributed by atoms with Crippen LogP contribution in [-0.2, 0) is 4.79 Å². The van der Waals surface area contributed by atoms with E-state index in [0.29, 0.717) is 22.9 Å². The summed E-state index contributed by atoms with van der Waals surface area (Å²) in [5.74, 6) is -0.0833. The molecule has 0 radical (unpaired) electrons. The predicted molar refractivity (Wildman–Crippen MR) is 83.3 cm³/mol. The van der Waals surface area contributed by atoms with Gasteiger partial charge in [0, 0.05) is 41.4 Å². The Kier molecular flexibility index (Phi) is 5.80. The van der Waals surface area contributed by atoms with Crippen molar-refractivity contribution in [1.82, 2.24) is 10.3 Å².